The van der Waals surface area contributed by atoms with Crippen molar-refractivity contribution in [2.24, 2.45) is 5.11 Å². The maximum Gasteiger partial charge on any atom is 0.314 e. The van der Waals surface area contributed by atoms with E-state index in [2.05, 4.69) is 32.8 Å². The summed E-state index contributed by atoms with van der Waals surface area (Å²) in [6, 6.07) is 10.1. The van der Waals surface area contributed by atoms with Crippen molar-refractivity contribution < 1.29 is 14.6 Å². The molecule has 7 nitrogen and oxygen atoms in total. The highest BCUT2D eigenvalue weighted by Crippen LogP contribution is 2.08. The summed E-state index contributed by atoms with van der Waals surface area (Å²) in [5, 5.41) is 19.8. The first-order chi connectivity index (χ1) is 12.0. The molecule has 2 unspecified atom stereocenters. The number of amides is 2. The van der Waals surface area contributed by atoms with Gasteiger partial charge in [-0.3, -0.25) is 0 Å². The SMILES string of the molecule is CN(C)C(CNC(=O)NCC(O)C1=C[N+](C)=NC1)Cc1ccccc1. The molecule has 136 valence electrons. The second-order valence-electron chi connectivity index (χ2n) is 6.49. The highest BCUT2D eigenvalue weighted by atomic mass is 16.3. The Morgan fingerprint density at radius 2 is 1.96 bits per heavy atom. The molecule has 0 saturated heterocycles. The van der Waals surface area contributed by atoms with E-state index in [4.69, 9.17) is 0 Å². The van der Waals surface area contributed by atoms with E-state index in [0.717, 1.165) is 12.0 Å². The number of carbonyl (C=O) groups excluding carboxylic acids is 1. The van der Waals surface area contributed by atoms with Gasteiger partial charge in [0, 0.05) is 19.1 Å². The topological polar surface area (TPSA) is 80.0 Å². The Morgan fingerprint density at radius 3 is 2.56 bits per heavy atom. The lowest BCUT2D eigenvalue weighted by atomic mass is 10.1. The van der Waals surface area contributed by atoms with E-state index in [-0.39, 0.29) is 18.6 Å². The minimum Gasteiger partial charge on any atom is -0.387 e. The van der Waals surface area contributed by atoms with Crippen LogP contribution in [-0.2, 0) is 6.42 Å². The van der Waals surface area contributed by atoms with Crippen LogP contribution in [-0.4, -0.2) is 73.7 Å². The van der Waals surface area contributed by atoms with E-state index < -0.39 is 6.10 Å². The number of rotatable bonds is 8. The van der Waals surface area contributed by atoms with E-state index in [9.17, 15) is 9.90 Å². The van der Waals surface area contributed by atoms with Gasteiger partial charge in [0.05, 0.1) is 5.57 Å². The first-order valence-corrected chi connectivity index (χ1v) is 8.46. The number of aliphatic hydroxyl groups excluding tert-OH is 1. The second kappa shape index (κ2) is 9.29. The summed E-state index contributed by atoms with van der Waals surface area (Å²) in [4.78, 5) is 14.1. The molecule has 7 heteroatoms. The molecule has 1 aromatic carbocycles. The van der Waals surface area contributed by atoms with Gasteiger partial charge in [-0.1, -0.05) is 35.0 Å². The molecule has 0 fully saturated rings. The maximum absolute atomic E-state index is 12.0. The number of likely N-dealkylation sites (N-methyl/N-ethyl adjacent to an activating group) is 1. The van der Waals surface area contributed by atoms with Crippen molar-refractivity contribution in [3.8, 4) is 0 Å². The van der Waals surface area contributed by atoms with Crippen LogP contribution >= 0.6 is 0 Å². The molecule has 1 aliphatic heterocycles. The third-order valence-electron chi connectivity index (χ3n) is 4.26. The number of hydrogen-bond acceptors (Lipinski definition) is 4. The predicted octanol–water partition coefficient (Wildman–Crippen LogP) is 0.811. The molecule has 3 N–H and O–H groups in total. The van der Waals surface area contributed by atoms with Crippen molar-refractivity contribution in [3.63, 3.8) is 0 Å². The van der Waals surface area contributed by atoms with Gasteiger partial charge in [0.1, 0.15) is 12.6 Å². The Bertz CT molecular complexity index is 628. The van der Waals surface area contributed by atoms with Gasteiger partial charge in [0.25, 0.3) is 0 Å². The number of nitrogens with one attached hydrogen (secondary N) is 2. The Hall–Kier alpha value is -2.25. The monoisotopic (exact) mass is 346 g/mol. The van der Waals surface area contributed by atoms with Gasteiger partial charge in [-0.25, -0.2) is 4.79 Å². The van der Waals surface area contributed by atoms with Gasteiger partial charge in [-0.2, -0.15) is 0 Å². The number of azo groups is 2. The van der Waals surface area contributed by atoms with Crippen molar-refractivity contribution in [2.75, 3.05) is 40.8 Å². The van der Waals surface area contributed by atoms with Crippen LogP contribution in [0.15, 0.2) is 47.2 Å². The van der Waals surface area contributed by atoms with Gasteiger partial charge in [-0.05, 0) is 31.2 Å². The molecule has 0 bridgehead atoms. The first-order valence-electron chi connectivity index (χ1n) is 8.46. The predicted molar refractivity (Wildman–Crippen MR) is 96.6 cm³/mol. The van der Waals surface area contributed by atoms with Crippen molar-refractivity contribution in [3.05, 3.63) is 47.7 Å². The zero-order valence-electron chi connectivity index (χ0n) is 15.1. The minimum atomic E-state index is -0.714. The number of urea groups is 1. The van der Waals surface area contributed by atoms with E-state index in [1.165, 1.54) is 5.56 Å². The van der Waals surface area contributed by atoms with E-state index in [1.807, 2.05) is 39.3 Å². The average molecular weight is 346 g/mol. The van der Waals surface area contributed by atoms with E-state index >= 15 is 0 Å². The highest BCUT2D eigenvalue weighted by molar-refractivity contribution is 5.73. The first kappa shape index (κ1) is 19.1. The maximum atomic E-state index is 12.0. The molecule has 1 heterocycles. The van der Waals surface area contributed by atoms with Crippen LogP contribution in [0.4, 0.5) is 4.79 Å². The summed E-state index contributed by atoms with van der Waals surface area (Å²) in [6.45, 7) is 1.18. The smallest absolute Gasteiger partial charge is 0.314 e. The molecule has 1 aromatic rings. The van der Waals surface area contributed by atoms with Gasteiger partial charge >= 0.3 is 6.03 Å². The Kier molecular flexibility index (Phi) is 7.09. The van der Waals surface area contributed by atoms with Crippen LogP contribution in [0.2, 0.25) is 0 Å². The molecule has 2 amide bonds. The third kappa shape index (κ3) is 6.28. The molecule has 2 rings (SSSR count). The Balaban J connectivity index is 1.74. The fraction of sp³-hybridized carbons (Fsp3) is 0.500. The lowest BCUT2D eigenvalue weighted by Crippen LogP contribution is -2.46. The number of aliphatic hydroxyl groups is 1. The van der Waals surface area contributed by atoms with Crippen molar-refractivity contribution in [2.45, 2.75) is 18.6 Å². The third-order valence-corrected chi connectivity index (χ3v) is 4.26. The molecule has 0 aromatic heterocycles. The van der Waals surface area contributed by atoms with Gasteiger partial charge in [0.2, 0.25) is 0 Å². The highest BCUT2D eigenvalue weighted by Gasteiger charge is 2.20. The fourth-order valence-electron chi connectivity index (χ4n) is 2.62. The molecular weight excluding hydrogens is 318 g/mol. The fourth-order valence-corrected chi connectivity index (χ4v) is 2.62. The Labute approximate surface area is 149 Å². The minimum absolute atomic E-state index is 0.173. The quantitative estimate of drug-likeness (QED) is 0.610. The van der Waals surface area contributed by atoms with E-state index in [0.29, 0.717) is 13.1 Å². The molecule has 0 radical (unpaired) electrons. The zero-order chi connectivity index (χ0) is 18.2. The molecule has 25 heavy (non-hydrogen) atoms. The Morgan fingerprint density at radius 1 is 1.28 bits per heavy atom. The van der Waals surface area contributed by atoms with Crippen LogP contribution in [0, 0.1) is 0 Å². The molecule has 0 saturated carbocycles. The largest absolute Gasteiger partial charge is 0.387 e. The molecular formula is C18H28N5O2+. The summed E-state index contributed by atoms with van der Waals surface area (Å²) >= 11 is 0. The lowest BCUT2D eigenvalue weighted by Gasteiger charge is -2.25. The summed E-state index contributed by atoms with van der Waals surface area (Å²) in [5.41, 5.74) is 2.04. The lowest BCUT2D eigenvalue weighted by molar-refractivity contribution is -0.491. The van der Waals surface area contributed by atoms with Gasteiger partial charge in [-0.15, -0.1) is 0 Å². The summed E-state index contributed by atoms with van der Waals surface area (Å²) in [7, 11) is 5.82. The normalized spacial score (nSPS) is 16.2. The molecule has 2 atom stereocenters. The van der Waals surface area contributed by atoms with E-state index in [1.54, 1.807) is 10.9 Å². The number of nitrogens with zero attached hydrogens (tertiary/aromatic N) is 3. The molecule has 0 aliphatic carbocycles. The van der Waals surface area contributed by atoms with Crippen molar-refractivity contribution >= 4 is 6.03 Å². The number of carbonyl (C=O) groups is 1. The van der Waals surface area contributed by atoms with Crippen molar-refractivity contribution in [1.82, 2.24) is 15.5 Å². The summed E-state index contributed by atoms with van der Waals surface area (Å²) in [6.07, 6.45) is 1.93. The number of benzene rings is 1. The summed E-state index contributed by atoms with van der Waals surface area (Å²) < 4.78 is 1.67. The molecule has 0 spiro atoms. The zero-order valence-corrected chi connectivity index (χ0v) is 15.1. The van der Waals surface area contributed by atoms with Gasteiger partial charge < -0.3 is 20.6 Å². The molecule has 1 aliphatic rings. The van der Waals surface area contributed by atoms with Crippen LogP contribution < -0.4 is 10.6 Å². The van der Waals surface area contributed by atoms with Crippen molar-refractivity contribution in [1.29, 1.82) is 0 Å². The van der Waals surface area contributed by atoms with Crippen LogP contribution in [0.3, 0.4) is 0 Å². The summed E-state index contributed by atoms with van der Waals surface area (Å²) in [5.74, 6) is 0. The average Bonchev–Trinajstić information content (AvgIpc) is 3.03. The van der Waals surface area contributed by atoms with Gasteiger partial charge in [0.15, 0.2) is 13.2 Å². The number of hydrogen-bond donors (Lipinski definition) is 3. The standard InChI is InChI=1S/C18H27N5O2/c1-22(2)16(9-14-7-5-4-6-8-14)11-19-18(25)20-12-17(24)15-10-21-23(3)13-15/h4-8,13,16-17,24H,9-12H2,1-3H3,(H-,19,20,25)/p+1. The second-order valence-corrected chi connectivity index (χ2v) is 6.49. The van der Waals surface area contributed by atoms with Crippen LogP contribution in [0.1, 0.15) is 5.56 Å². The van der Waals surface area contributed by atoms with Crippen LogP contribution in [0.5, 0.6) is 0 Å². The van der Waals surface area contributed by atoms with Crippen LogP contribution in [0.25, 0.3) is 0 Å².